The van der Waals surface area contributed by atoms with Gasteiger partial charge < -0.3 is 9.80 Å². The van der Waals surface area contributed by atoms with Gasteiger partial charge in [-0.05, 0) is 33.2 Å². The third-order valence-corrected chi connectivity index (χ3v) is 4.49. The van der Waals surface area contributed by atoms with Gasteiger partial charge in [0.1, 0.15) is 5.71 Å². The van der Waals surface area contributed by atoms with Crippen LogP contribution in [-0.4, -0.2) is 60.2 Å². The molecule has 0 bridgehead atoms. The molecule has 0 N–H and O–H groups in total. The fourth-order valence-electron chi connectivity index (χ4n) is 3.21. The van der Waals surface area contributed by atoms with Gasteiger partial charge in [0.2, 0.25) is 0 Å². The standard InChI is InChI=1S/C13H21N3O/c1-10(2)15-5-3-13(8-15)4-6-16(9-13)12(17)11-7-14-11/h10H,3-9H2,1-2H3. The maximum Gasteiger partial charge on any atom is 0.269 e. The second kappa shape index (κ2) is 3.80. The molecular formula is C13H21N3O. The Hall–Kier alpha value is -0.900. The van der Waals surface area contributed by atoms with Crippen molar-refractivity contribution in [2.75, 3.05) is 32.7 Å². The highest BCUT2D eigenvalue weighted by Crippen LogP contribution is 2.40. The molecule has 1 unspecified atom stereocenters. The van der Waals surface area contributed by atoms with E-state index in [9.17, 15) is 4.79 Å². The summed E-state index contributed by atoms with van der Waals surface area (Å²) in [6.45, 7) is 9.45. The van der Waals surface area contributed by atoms with E-state index in [1.54, 1.807) is 0 Å². The Morgan fingerprint density at radius 2 is 2.00 bits per heavy atom. The fraction of sp³-hybridized carbons (Fsp3) is 0.846. The summed E-state index contributed by atoms with van der Waals surface area (Å²) >= 11 is 0. The van der Waals surface area contributed by atoms with Crippen LogP contribution in [0.1, 0.15) is 26.7 Å². The monoisotopic (exact) mass is 235 g/mol. The van der Waals surface area contributed by atoms with Crippen molar-refractivity contribution in [3.8, 4) is 0 Å². The van der Waals surface area contributed by atoms with E-state index >= 15 is 0 Å². The maximum absolute atomic E-state index is 11.9. The molecule has 1 amide bonds. The predicted molar refractivity (Wildman–Crippen MR) is 67.3 cm³/mol. The molecule has 3 aliphatic rings. The van der Waals surface area contributed by atoms with Gasteiger partial charge in [-0.3, -0.25) is 9.79 Å². The zero-order valence-corrected chi connectivity index (χ0v) is 10.8. The van der Waals surface area contributed by atoms with Crippen LogP contribution in [0, 0.1) is 5.41 Å². The number of rotatable bonds is 2. The van der Waals surface area contributed by atoms with Gasteiger partial charge in [-0.15, -0.1) is 0 Å². The number of nitrogens with zero attached hydrogens (tertiary/aromatic N) is 3. The van der Waals surface area contributed by atoms with Crippen LogP contribution in [-0.2, 0) is 4.79 Å². The van der Waals surface area contributed by atoms with Gasteiger partial charge in [-0.25, -0.2) is 0 Å². The highest BCUT2D eigenvalue weighted by Gasteiger charge is 2.46. The van der Waals surface area contributed by atoms with Gasteiger partial charge in [-0.2, -0.15) is 0 Å². The van der Waals surface area contributed by atoms with Gasteiger partial charge in [-0.1, -0.05) is 0 Å². The summed E-state index contributed by atoms with van der Waals surface area (Å²) in [7, 11) is 0. The van der Waals surface area contributed by atoms with E-state index in [0.29, 0.717) is 18.0 Å². The number of carbonyl (C=O) groups excluding carboxylic acids is 1. The Labute approximate surface area is 103 Å². The minimum absolute atomic E-state index is 0.199. The van der Waals surface area contributed by atoms with E-state index < -0.39 is 0 Å². The lowest BCUT2D eigenvalue weighted by molar-refractivity contribution is -0.123. The fourth-order valence-corrected chi connectivity index (χ4v) is 3.21. The molecule has 2 fully saturated rings. The molecule has 0 aliphatic carbocycles. The van der Waals surface area contributed by atoms with Crippen molar-refractivity contribution >= 4 is 11.6 Å². The van der Waals surface area contributed by atoms with Crippen LogP contribution in [0.5, 0.6) is 0 Å². The minimum Gasteiger partial charge on any atom is -0.337 e. The molecule has 3 aliphatic heterocycles. The number of likely N-dealkylation sites (tertiary alicyclic amines) is 2. The van der Waals surface area contributed by atoms with Gasteiger partial charge in [0.15, 0.2) is 0 Å². The summed E-state index contributed by atoms with van der Waals surface area (Å²) < 4.78 is 0. The number of hydrogen-bond donors (Lipinski definition) is 0. The first-order valence-electron chi connectivity index (χ1n) is 6.66. The normalized spacial score (nSPS) is 32.6. The van der Waals surface area contributed by atoms with Crippen molar-refractivity contribution in [3.63, 3.8) is 0 Å². The van der Waals surface area contributed by atoms with Crippen molar-refractivity contribution in [2.24, 2.45) is 10.4 Å². The first-order chi connectivity index (χ1) is 8.10. The first-order valence-corrected chi connectivity index (χ1v) is 6.66. The van der Waals surface area contributed by atoms with Crippen LogP contribution in [0.2, 0.25) is 0 Å². The van der Waals surface area contributed by atoms with Crippen molar-refractivity contribution in [1.29, 1.82) is 0 Å². The van der Waals surface area contributed by atoms with E-state index in [-0.39, 0.29) is 5.91 Å². The Kier molecular flexibility index (Phi) is 2.51. The molecule has 0 aromatic carbocycles. The third-order valence-electron chi connectivity index (χ3n) is 4.49. The predicted octanol–water partition coefficient (Wildman–Crippen LogP) is 0.774. The molecule has 1 atom stereocenters. The minimum atomic E-state index is 0.199. The summed E-state index contributed by atoms with van der Waals surface area (Å²) in [6, 6.07) is 0.631. The number of aliphatic imine (C=N–C) groups is 1. The Balaban J connectivity index is 1.63. The summed E-state index contributed by atoms with van der Waals surface area (Å²) in [6.07, 6.45) is 2.43. The largest absolute Gasteiger partial charge is 0.337 e. The zero-order valence-electron chi connectivity index (χ0n) is 10.8. The molecular weight excluding hydrogens is 214 g/mol. The summed E-state index contributed by atoms with van der Waals surface area (Å²) in [5.41, 5.74) is 1.18. The Morgan fingerprint density at radius 3 is 2.59 bits per heavy atom. The van der Waals surface area contributed by atoms with Crippen molar-refractivity contribution in [3.05, 3.63) is 0 Å². The van der Waals surface area contributed by atoms with Crippen LogP contribution in [0.25, 0.3) is 0 Å². The third kappa shape index (κ3) is 1.99. The van der Waals surface area contributed by atoms with E-state index in [2.05, 4.69) is 23.7 Å². The van der Waals surface area contributed by atoms with Crippen LogP contribution >= 0.6 is 0 Å². The summed E-state index contributed by atoms with van der Waals surface area (Å²) in [4.78, 5) is 20.5. The maximum atomic E-state index is 11.9. The van der Waals surface area contributed by atoms with Crippen molar-refractivity contribution in [1.82, 2.24) is 9.80 Å². The smallest absolute Gasteiger partial charge is 0.269 e. The summed E-state index contributed by atoms with van der Waals surface area (Å²) in [5.74, 6) is 0.199. The molecule has 0 aromatic rings. The van der Waals surface area contributed by atoms with Crippen LogP contribution in [0.4, 0.5) is 0 Å². The number of carbonyl (C=O) groups is 1. The molecule has 2 saturated heterocycles. The zero-order chi connectivity index (χ0) is 12.0. The molecule has 94 valence electrons. The van der Waals surface area contributed by atoms with Gasteiger partial charge in [0, 0.05) is 31.1 Å². The quantitative estimate of drug-likeness (QED) is 0.709. The van der Waals surface area contributed by atoms with Gasteiger partial charge >= 0.3 is 0 Å². The Morgan fingerprint density at radius 1 is 1.29 bits per heavy atom. The average Bonchev–Trinajstić information content (AvgIpc) is 2.95. The molecule has 0 radical (unpaired) electrons. The highest BCUT2D eigenvalue weighted by molar-refractivity contribution is 6.44. The lowest BCUT2D eigenvalue weighted by Crippen LogP contribution is -2.36. The summed E-state index contributed by atoms with van der Waals surface area (Å²) in [5, 5.41) is 0. The lowest BCUT2D eigenvalue weighted by atomic mass is 9.86. The number of amides is 1. The van der Waals surface area contributed by atoms with Gasteiger partial charge in [0.05, 0.1) is 6.54 Å². The van der Waals surface area contributed by atoms with Crippen LogP contribution in [0.3, 0.4) is 0 Å². The topological polar surface area (TPSA) is 35.9 Å². The molecule has 4 heteroatoms. The lowest BCUT2D eigenvalue weighted by Gasteiger charge is -2.26. The molecule has 3 heterocycles. The number of hydrogen-bond acceptors (Lipinski definition) is 3. The van der Waals surface area contributed by atoms with Crippen molar-refractivity contribution in [2.45, 2.75) is 32.7 Å². The SMILES string of the molecule is CC(C)N1CCC2(CCN(C(=O)C3=NC3)C2)C1. The van der Waals surface area contributed by atoms with Crippen LogP contribution < -0.4 is 0 Å². The van der Waals surface area contributed by atoms with E-state index in [1.165, 1.54) is 25.9 Å². The molecule has 3 rings (SSSR count). The van der Waals surface area contributed by atoms with E-state index in [4.69, 9.17) is 0 Å². The molecule has 17 heavy (non-hydrogen) atoms. The first kappa shape index (κ1) is 11.2. The highest BCUT2D eigenvalue weighted by atomic mass is 16.2. The second-order valence-electron chi connectivity index (χ2n) is 6.05. The van der Waals surface area contributed by atoms with E-state index in [1.807, 2.05) is 4.90 Å². The average molecular weight is 235 g/mol. The van der Waals surface area contributed by atoms with E-state index in [0.717, 1.165) is 18.8 Å². The van der Waals surface area contributed by atoms with Crippen LogP contribution in [0.15, 0.2) is 4.99 Å². The molecule has 0 aromatic heterocycles. The molecule has 0 saturated carbocycles. The van der Waals surface area contributed by atoms with Gasteiger partial charge in [0.25, 0.3) is 5.91 Å². The van der Waals surface area contributed by atoms with Crippen molar-refractivity contribution < 1.29 is 4.79 Å². The Bertz CT molecular complexity index is 377. The second-order valence-corrected chi connectivity index (χ2v) is 6.05. The molecule has 4 nitrogen and oxygen atoms in total. The molecule has 1 spiro atoms.